The van der Waals surface area contributed by atoms with Crippen molar-refractivity contribution in [2.45, 2.75) is 172 Å². The summed E-state index contributed by atoms with van der Waals surface area (Å²) in [5.74, 6) is -1.74. The zero-order valence-corrected chi connectivity index (χ0v) is 52.6. The van der Waals surface area contributed by atoms with Gasteiger partial charge in [0.1, 0.15) is 24.2 Å². The van der Waals surface area contributed by atoms with Crippen LogP contribution in [-0.2, 0) is 46.2 Å². The van der Waals surface area contributed by atoms with Crippen molar-refractivity contribution >= 4 is 54.4 Å². The van der Waals surface area contributed by atoms with Crippen LogP contribution < -0.4 is 20.5 Å². The van der Waals surface area contributed by atoms with Crippen molar-refractivity contribution in [2.24, 2.45) is 5.41 Å². The van der Waals surface area contributed by atoms with Crippen LogP contribution in [0.1, 0.15) is 91.0 Å². The van der Waals surface area contributed by atoms with Crippen LogP contribution in [0.4, 0.5) is 34.1 Å². The minimum Gasteiger partial charge on any atom is -0.480 e. The first kappa shape index (κ1) is 64.2. The van der Waals surface area contributed by atoms with Gasteiger partial charge in [0.05, 0.1) is 72.9 Å². The summed E-state index contributed by atoms with van der Waals surface area (Å²) in [5, 5.41) is 25.8. The third-order valence-electron chi connectivity index (χ3n) is 17.7. The highest BCUT2D eigenvalue weighted by atomic mass is 28.3. The highest BCUT2D eigenvalue weighted by Crippen LogP contribution is 2.46. The summed E-state index contributed by atoms with van der Waals surface area (Å²) in [5.41, 5.74) is 4.22. The van der Waals surface area contributed by atoms with Crippen LogP contribution in [0.25, 0.3) is 22.2 Å². The van der Waals surface area contributed by atoms with E-state index in [2.05, 4.69) is 45.1 Å². The van der Waals surface area contributed by atoms with E-state index in [4.69, 9.17) is 28.7 Å². The SMILES string of the molecule is CO[C@@H]1CN(C(=O)OC(C)(C)C)C2(C1)CN([C@@H]([C@H](NC(=O)OCC[Si](C)(C)C)C(=O)N1CCC[C@@H](C(=O)O)N1)[C@H]1CN(c3ccc4c(c3)c(CC(C)(C)CO)c(-c3cc(N5CCN(C6CC6)CC5)cnc3[C@H](C)OC)n4CC(F)(F)F)CCO1)C2. The molecule has 6 aliphatic rings. The monoisotopic (exact) mass is 1210 g/mol. The van der Waals surface area contributed by atoms with Gasteiger partial charge < -0.3 is 53.6 Å². The molecule has 7 heterocycles. The van der Waals surface area contributed by atoms with E-state index in [1.165, 1.54) is 22.4 Å². The summed E-state index contributed by atoms with van der Waals surface area (Å²) in [6.07, 6.45) is -2.31. The first-order valence-electron chi connectivity index (χ1n) is 30.2. The molecule has 4 N–H and O–H groups in total. The smallest absolute Gasteiger partial charge is 0.410 e. The number of rotatable bonds is 20. The average molecular weight is 1210 g/mol. The quantitative estimate of drug-likeness (QED) is 0.0829. The van der Waals surface area contributed by atoms with Crippen LogP contribution in [-0.4, -0.2) is 225 Å². The minimum atomic E-state index is -4.64. The van der Waals surface area contributed by atoms with Crippen molar-refractivity contribution in [1.82, 2.24) is 40.0 Å². The summed E-state index contributed by atoms with van der Waals surface area (Å²) >= 11 is 0. The molecule has 25 heteroatoms. The summed E-state index contributed by atoms with van der Waals surface area (Å²) < 4.78 is 77.3. The van der Waals surface area contributed by atoms with Gasteiger partial charge in [-0.05, 0) is 101 Å². The van der Waals surface area contributed by atoms with Crippen molar-refractivity contribution in [1.29, 1.82) is 0 Å². The molecule has 5 aliphatic heterocycles. The molecular weight excluding hydrogens is 1120 g/mol. The molecule has 85 heavy (non-hydrogen) atoms. The molecule has 6 fully saturated rings. The van der Waals surface area contributed by atoms with Gasteiger partial charge >= 0.3 is 24.3 Å². The first-order valence-corrected chi connectivity index (χ1v) is 33.9. The van der Waals surface area contributed by atoms with Gasteiger partial charge in [-0.1, -0.05) is 33.5 Å². The van der Waals surface area contributed by atoms with E-state index in [1.54, 1.807) is 58.2 Å². The molecule has 5 saturated heterocycles. The lowest BCUT2D eigenvalue weighted by Crippen LogP contribution is -2.77. The number of ether oxygens (including phenoxy) is 5. The molecule has 21 nitrogen and oxygen atoms in total. The number of pyridine rings is 1. The number of amides is 3. The van der Waals surface area contributed by atoms with Gasteiger partial charge in [-0.3, -0.25) is 34.3 Å². The zero-order valence-electron chi connectivity index (χ0n) is 51.6. The Labute approximate surface area is 498 Å². The van der Waals surface area contributed by atoms with E-state index in [-0.39, 0.29) is 71.5 Å². The third-order valence-corrected chi connectivity index (χ3v) is 19.4. The molecule has 1 aliphatic carbocycles. The number of methoxy groups -OCH3 is 2. The molecule has 0 radical (unpaired) electrons. The highest BCUT2D eigenvalue weighted by molar-refractivity contribution is 6.76. The van der Waals surface area contributed by atoms with Gasteiger partial charge in [0.2, 0.25) is 0 Å². The zero-order chi connectivity index (χ0) is 61.6. The Kier molecular flexibility index (Phi) is 19.2. The number of hydrogen-bond donors (Lipinski definition) is 4. The number of benzene rings is 1. The predicted molar refractivity (Wildman–Crippen MR) is 318 cm³/mol. The van der Waals surface area contributed by atoms with Crippen molar-refractivity contribution in [3.05, 3.63) is 41.7 Å². The molecule has 1 spiro atoms. The number of anilines is 2. The van der Waals surface area contributed by atoms with Crippen LogP contribution in [0.5, 0.6) is 0 Å². The number of carboxylic acid groups (broad SMARTS) is 1. The number of nitrogens with zero attached hydrogens (tertiary/aromatic N) is 8. The molecule has 1 aromatic carbocycles. The van der Waals surface area contributed by atoms with Crippen LogP contribution in [0.15, 0.2) is 30.5 Å². The molecule has 3 amide bonds. The Morgan fingerprint density at radius 3 is 2.28 bits per heavy atom. The molecule has 2 aromatic heterocycles. The number of nitrogens with one attached hydrogen (secondary N) is 2. The number of aliphatic carboxylic acids is 1. The summed E-state index contributed by atoms with van der Waals surface area (Å²) in [4.78, 5) is 71.4. The number of aromatic nitrogens is 2. The Morgan fingerprint density at radius 1 is 0.941 bits per heavy atom. The first-order chi connectivity index (χ1) is 40.0. The van der Waals surface area contributed by atoms with Gasteiger partial charge in [-0.25, -0.2) is 15.0 Å². The number of alkyl halides is 3. The number of aliphatic hydroxyl groups is 1. The van der Waals surface area contributed by atoms with Crippen LogP contribution in [0, 0.1) is 5.41 Å². The fourth-order valence-electron chi connectivity index (χ4n) is 13.0. The number of carbonyl (C=O) groups is 4. The van der Waals surface area contributed by atoms with E-state index in [0.717, 1.165) is 31.9 Å². The summed E-state index contributed by atoms with van der Waals surface area (Å²) in [6.45, 7) is 20.7. The van der Waals surface area contributed by atoms with Gasteiger partial charge in [0.25, 0.3) is 5.91 Å². The maximum absolute atomic E-state index is 15.4. The second-order valence-corrected chi connectivity index (χ2v) is 33.0. The minimum absolute atomic E-state index is 0.110. The number of morpholine rings is 1. The van der Waals surface area contributed by atoms with Gasteiger partial charge in [-0.15, -0.1) is 0 Å². The number of likely N-dealkylation sites (tertiary alicyclic amines) is 2. The molecule has 3 aromatic rings. The Bertz CT molecular complexity index is 2880. The second-order valence-electron chi connectivity index (χ2n) is 27.3. The van der Waals surface area contributed by atoms with Crippen molar-refractivity contribution in [3.8, 4) is 11.3 Å². The lowest BCUT2D eigenvalue weighted by Gasteiger charge is -2.57. The number of carbonyl (C=O) groups excluding carboxylic acids is 3. The third kappa shape index (κ3) is 15.0. The van der Waals surface area contributed by atoms with Crippen molar-refractivity contribution in [3.63, 3.8) is 0 Å². The highest BCUT2D eigenvalue weighted by Gasteiger charge is 2.60. The van der Waals surface area contributed by atoms with E-state index < -0.39 is 91.7 Å². The van der Waals surface area contributed by atoms with Gasteiger partial charge in [0, 0.05) is 122 Å². The number of hydrazine groups is 1. The number of halogens is 3. The van der Waals surface area contributed by atoms with Crippen molar-refractivity contribution < 1.29 is 66.2 Å². The molecule has 0 unspecified atom stereocenters. The fraction of sp³-hybridized carbons (Fsp3) is 0.717. The van der Waals surface area contributed by atoms with E-state index >= 15 is 18.0 Å². The molecule has 472 valence electrons. The van der Waals surface area contributed by atoms with Crippen LogP contribution in [0.2, 0.25) is 25.7 Å². The lowest BCUT2D eigenvalue weighted by molar-refractivity contribution is -0.154. The molecule has 9 rings (SSSR count). The Balaban J connectivity index is 1.14. The lowest BCUT2D eigenvalue weighted by atomic mass is 9.82. The number of hydrogen-bond acceptors (Lipinski definition) is 16. The fourth-order valence-corrected chi connectivity index (χ4v) is 13.7. The number of aliphatic hydroxyl groups excluding tert-OH is 1. The normalized spacial score (nSPS) is 23.0. The molecular formula is C60H91F3N10O11Si. The second kappa shape index (κ2) is 25.4. The molecule has 0 bridgehead atoms. The summed E-state index contributed by atoms with van der Waals surface area (Å²) in [7, 11) is 1.46. The Morgan fingerprint density at radius 2 is 1.66 bits per heavy atom. The van der Waals surface area contributed by atoms with Crippen LogP contribution >= 0.6 is 0 Å². The standard InChI is InChI=1S/C60H91F3N10O11Si/c1-38(80-7)49-44(28-41(31-64-49)68-21-19-67(20-22-68)39-14-15-39)51-45(30-58(5,6)37-74)43-27-40(16-17-47(43)71(51)36-60(61,62)63)69-23-24-82-48(33-69)52(70-34-59(35-70)29-42(81-8)32-72(59)56(79)84-57(2,3)4)50(65-55(78)83-25-26-85(9,10)11)53(75)73-18-12-13-46(66-73)54(76)77/h16-17,27-28,31,38-39,42,46,48,50,52,66,74H,12-15,18-26,29-30,32-37H2,1-11H3,(H,65,78)(H,76,77)/t38-,42-,46-,48+,50-,52+/m0/s1. The maximum atomic E-state index is 15.4. The largest absolute Gasteiger partial charge is 0.480 e. The van der Waals surface area contributed by atoms with E-state index in [9.17, 15) is 24.6 Å². The number of carboxylic acids is 1. The van der Waals surface area contributed by atoms with Crippen LogP contribution in [0.3, 0.4) is 0 Å². The predicted octanol–water partition coefficient (Wildman–Crippen LogP) is 7.12. The molecule has 6 atom stereocenters. The average Bonchev–Trinajstić information content (AvgIpc) is 1.83. The summed E-state index contributed by atoms with van der Waals surface area (Å²) in [6, 6.07) is 5.22. The van der Waals surface area contributed by atoms with E-state index in [0.29, 0.717) is 70.6 Å². The van der Waals surface area contributed by atoms with Gasteiger partial charge in [-0.2, -0.15) is 13.2 Å². The van der Waals surface area contributed by atoms with Crippen molar-refractivity contribution in [2.75, 3.05) is 109 Å². The number of alkyl carbamates (subject to hydrolysis) is 1. The number of piperazine rings is 1. The number of fused-ring (bicyclic) bond motifs is 1. The van der Waals surface area contributed by atoms with Gasteiger partial charge in [0.15, 0.2) is 0 Å². The topological polar surface area (TPSA) is 216 Å². The molecule has 1 saturated carbocycles. The Hall–Kier alpha value is -5.28. The maximum Gasteiger partial charge on any atom is 0.410 e. The van der Waals surface area contributed by atoms with E-state index in [1.807, 2.05) is 37.8 Å².